The van der Waals surface area contributed by atoms with Crippen LogP contribution in [-0.4, -0.2) is 53.1 Å². The number of likely N-dealkylation sites (N-methyl/N-ethyl adjacent to an activating group) is 1. The molecule has 1 aromatic heterocycles. The number of hydrogen-bond donors (Lipinski definition) is 1. The van der Waals surface area contributed by atoms with E-state index in [0.717, 1.165) is 0 Å². The van der Waals surface area contributed by atoms with Crippen LogP contribution in [0.25, 0.3) is 0 Å². The molecule has 1 heterocycles. The van der Waals surface area contributed by atoms with Crippen molar-refractivity contribution < 1.29 is 14.3 Å². The highest BCUT2D eigenvalue weighted by Gasteiger charge is 2.09. The Morgan fingerprint density at radius 1 is 1.56 bits per heavy atom. The van der Waals surface area contributed by atoms with Gasteiger partial charge in [0.25, 0.3) is 0 Å². The topological polar surface area (TPSA) is 89.3 Å². The maximum Gasteiger partial charge on any atom is 0.412 e. The molecule has 0 radical (unpaired) electrons. The number of anilines is 1. The van der Waals surface area contributed by atoms with Gasteiger partial charge in [-0.3, -0.25) is 10.1 Å². The lowest BCUT2D eigenvalue weighted by Crippen LogP contribution is -2.27. The summed E-state index contributed by atoms with van der Waals surface area (Å²) in [6.45, 7) is 0.0237. The summed E-state index contributed by atoms with van der Waals surface area (Å²) in [6.07, 6.45) is 0.700. The van der Waals surface area contributed by atoms with E-state index in [1.54, 1.807) is 14.1 Å². The first kappa shape index (κ1) is 12.0. The zero-order valence-corrected chi connectivity index (χ0v) is 9.30. The summed E-state index contributed by atoms with van der Waals surface area (Å²) in [5.41, 5.74) is 0. The summed E-state index contributed by atoms with van der Waals surface area (Å²) in [4.78, 5) is 24.8. The number of ether oxygens (including phenoxy) is 1. The number of aromatic nitrogens is 3. The lowest BCUT2D eigenvalue weighted by molar-refractivity contribution is -0.129. The Balaban J connectivity index is 2.58. The van der Waals surface area contributed by atoms with E-state index in [1.165, 1.54) is 23.0 Å². The summed E-state index contributed by atoms with van der Waals surface area (Å²) in [6, 6.07) is 0. The molecule has 1 aromatic rings. The van der Waals surface area contributed by atoms with Gasteiger partial charge >= 0.3 is 6.09 Å². The predicted octanol–water partition coefficient (Wildman–Crippen LogP) is -0.455. The molecule has 8 heteroatoms. The van der Waals surface area contributed by atoms with Crippen molar-refractivity contribution in [1.82, 2.24) is 19.9 Å². The van der Waals surface area contributed by atoms with Gasteiger partial charge in [0, 0.05) is 14.1 Å². The highest BCUT2D eigenvalue weighted by atomic mass is 16.5. The molecule has 16 heavy (non-hydrogen) atoms. The van der Waals surface area contributed by atoms with E-state index in [9.17, 15) is 9.59 Å². The molecular formula is C8H13N5O3. The van der Waals surface area contributed by atoms with Crippen molar-refractivity contribution in [2.24, 2.45) is 0 Å². The van der Waals surface area contributed by atoms with Crippen molar-refractivity contribution in [2.75, 3.05) is 26.5 Å². The van der Waals surface area contributed by atoms with Crippen LogP contribution < -0.4 is 5.32 Å². The molecule has 1 N–H and O–H groups in total. The molecule has 0 aromatic carbocycles. The van der Waals surface area contributed by atoms with Crippen LogP contribution in [0.5, 0.6) is 0 Å². The number of rotatable bonds is 3. The molecule has 8 nitrogen and oxygen atoms in total. The quantitative estimate of drug-likeness (QED) is 0.755. The Labute approximate surface area is 92.2 Å². The molecule has 0 atom stereocenters. The molecule has 2 amide bonds. The first-order valence-electron chi connectivity index (χ1n) is 4.48. The van der Waals surface area contributed by atoms with E-state index < -0.39 is 6.09 Å². The van der Waals surface area contributed by atoms with Crippen LogP contribution in [0, 0.1) is 0 Å². The highest BCUT2D eigenvalue weighted by molar-refractivity contribution is 5.82. The Kier molecular flexibility index (Phi) is 3.81. The maximum absolute atomic E-state index is 11.3. The van der Waals surface area contributed by atoms with Gasteiger partial charge in [-0.2, -0.15) is 9.90 Å². The molecule has 0 saturated heterocycles. The number of nitrogens with one attached hydrogen (secondary N) is 1. The molecule has 0 fully saturated rings. The van der Waals surface area contributed by atoms with Crippen molar-refractivity contribution in [3.05, 3.63) is 6.20 Å². The van der Waals surface area contributed by atoms with E-state index >= 15 is 0 Å². The van der Waals surface area contributed by atoms with E-state index in [0.29, 0.717) is 0 Å². The first-order chi connectivity index (χ1) is 7.52. The summed E-state index contributed by atoms with van der Waals surface area (Å²) >= 11 is 0. The van der Waals surface area contributed by atoms with Gasteiger partial charge in [-0.05, 0) is 0 Å². The van der Waals surface area contributed by atoms with E-state index in [-0.39, 0.29) is 18.3 Å². The van der Waals surface area contributed by atoms with Crippen molar-refractivity contribution >= 4 is 17.8 Å². The number of carbonyl (C=O) groups excluding carboxylic acids is 2. The Morgan fingerprint density at radius 2 is 2.25 bits per heavy atom. The van der Waals surface area contributed by atoms with Crippen molar-refractivity contribution in [3.63, 3.8) is 0 Å². The molecule has 0 bridgehead atoms. The first-order valence-corrected chi connectivity index (χ1v) is 4.48. The van der Waals surface area contributed by atoms with Crippen LogP contribution in [0.4, 0.5) is 10.6 Å². The van der Waals surface area contributed by atoms with Crippen molar-refractivity contribution in [1.29, 1.82) is 0 Å². The molecule has 0 spiro atoms. The Morgan fingerprint density at radius 3 is 2.81 bits per heavy atom. The van der Waals surface area contributed by atoms with Gasteiger partial charge in [-0.25, -0.2) is 4.79 Å². The Bertz CT molecular complexity index is 387. The number of carbonyl (C=O) groups is 2. The van der Waals surface area contributed by atoms with Crippen LogP contribution in [0.2, 0.25) is 0 Å². The van der Waals surface area contributed by atoms with Crippen LogP contribution >= 0.6 is 0 Å². The highest BCUT2D eigenvalue weighted by Crippen LogP contribution is 1.99. The van der Waals surface area contributed by atoms with Crippen LogP contribution in [0.15, 0.2) is 6.20 Å². The average molecular weight is 227 g/mol. The second-order valence-electron chi connectivity index (χ2n) is 3.16. The normalized spacial score (nSPS) is 9.69. The largest absolute Gasteiger partial charge is 0.453 e. The van der Waals surface area contributed by atoms with Gasteiger partial charge in [0.1, 0.15) is 6.54 Å². The molecule has 1 rings (SSSR count). The molecule has 0 aliphatic carbocycles. The summed E-state index contributed by atoms with van der Waals surface area (Å²) in [5, 5.41) is 10.0. The van der Waals surface area contributed by atoms with Crippen LogP contribution in [0.3, 0.4) is 0 Å². The second kappa shape index (κ2) is 5.10. The SMILES string of the molecule is COC(=O)Nc1cnn(CC(=O)N(C)C)n1. The average Bonchev–Trinajstić information content (AvgIpc) is 2.65. The van der Waals surface area contributed by atoms with E-state index in [1.807, 2.05) is 0 Å². The van der Waals surface area contributed by atoms with Crippen molar-refractivity contribution in [2.45, 2.75) is 6.54 Å². The fourth-order valence-electron chi connectivity index (χ4n) is 0.849. The lowest BCUT2D eigenvalue weighted by Gasteiger charge is -2.08. The third-order valence-electron chi connectivity index (χ3n) is 1.73. The molecule has 0 unspecified atom stereocenters. The fourth-order valence-corrected chi connectivity index (χ4v) is 0.849. The molecule has 0 aliphatic rings. The van der Waals surface area contributed by atoms with E-state index in [2.05, 4.69) is 20.3 Å². The minimum absolute atomic E-state index is 0.0237. The summed E-state index contributed by atoms with van der Waals surface area (Å²) < 4.78 is 4.38. The standard InChI is InChI=1S/C8H13N5O3/c1-12(2)7(14)5-13-9-4-6(11-13)10-8(15)16-3/h4H,5H2,1-3H3,(H,10,11,15). The number of hydrogen-bond acceptors (Lipinski definition) is 5. The molecular weight excluding hydrogens is 214 g/mol. The third-order valence-corrected chi connectivity index (χ3v) is 1.73. The van der Waals surface area contributed by atoms with Gasteiger partial charge in [-0.15, -0.1) is 5.10 Å². The minimum atomic E-state index is -0.633. The molecule has 88 valence electrons. The van der Waals surface area contributed by atoms with Crippen molar-refractivity contribution in [3.8, 4) is 0 Å². The van der Waals surface area contributed by atoms with Gasteiger partial charge < -0.3 is 9.64 Å². The minimum Gasteiger partial charge on any atom is -0.453 e. The van der Waals surface area contributed by atoms with Gasteiger partial charge in [0.15, 0.2) is 5.82 Å². The zero-order valence-electron chi connectivity index (χ0n) is 9.30. The second-order valence-corrected chi connectivity index (χ2v) is 3.16. The summed E-state index contributed by atoms with van der Waals surface area (Å²) in [7, 11) is 4.52. The van der Waals surface area contributed by atoms with Gasteiger partial charge in [0.05, 0.1) is 13.3 Å². The monoisotopic (exact) mass is 227 g/mol. The third kappa shape index (κ3) is 3.23. The number of nitrogens with zero attached hydrogens (tertiary/aromatic N) is 4. The number of amides is 2. The summed E-state index contributed by atoms with van der Waals surface area (Å²) in [5.74, 6) is 0.0959. The molecule has 0 aliphatic heterocycles. The lowest BCUT2D eigenvalue weighted by atomic mass is 10.6. The number of methoxy groups -OCH3 is 1. The van der Waals surface area contributed by atoms with Gasteiger partial charge in [-0.1, -0.05) is 0 Å². The van der Waals surface area contributed by atoms with E-state index in [4.69, 9.17) is 0 Å². The maximum atomic E-state index is 11.3. The molecule has 0 saturated carbocycles. The van der Waals surface area contributed by atoms with Crippen LogP contribution in [0.1, 0.15) is 0 Å². The zero-order chi connectivity index (χ0) is 12.1. The van der Waals surface area contributed by atoms with Crippen LogP contribution in [-0.2, 0) is 16.1 Å². The Hall–Kier alpha value is -2.12. The predicted molar refractivity (Wildman–Crippen MR) is 54.7 cm³/mol. The fraction of sp³-hybridized carbons (Fsp3) is 0.500. The van der Waals surface area contributed by atoms with Gasteiger partial charge in [0.2, 0.25) is 5.91 Å². The smallest absolute Gasteiger partial charge is 0.412 e.